The van der Waals surface area contributed by atoms with Gasteiger partial charge in [-0.3, -0.25) is 0 Å². The molecule has 0 unspecified atom stereocenters. The van der Waals surface area contributed by atoms with Gasteiger partial charge in [-0.1, -0.05) is 19.1 Å². The summed E-state index contributed by atoms with van der Waals surface area (Å²) < 4.78 is 23.4. The van der Waals surface area contributed by atoms with Gasteiger partial charge in [0.2, 0.25) is 0 Å². The van der Waals surface area contributed by atoms with Gasteiger partial charge in [-0.15, -0.1) is 0 Å². The highest BCUT2D eigenvalue weighted by atomic mass is 16.7. The molecule has 7 atom stereocenters. The summed E-state index contributed by atoms with van der Waals surface area (Å²) in [5.74, 6) is -0.0205. The van der Waals surface area contributed by atoms with Crippen LogP contribution in [0.3, 0.4) is 0 Å². The van der Waals surface area contributed by atoms with E-state index in [0.717, 1.165) is 37.7 Å². The molecule has 2 saturated carbocycles. The topological polar surface area (TPSA) is 84.0 Å². The van der Waals surface area contributed by atoms with Crippen LogP contribution in [0.5, 0.6) is 0 Å². The number of aliphatic hydroxyl groups excluding tert-OH is 1. The van der Waals surface area contributed by atoms with Gasteiger partial charge in [0.1, 0.15) is 18.0 Å². The first kappa shape index (κ1) is 20.8. The van der Waals surface area contributed by atoms with Gasteiger partial charge < -0.3 is 29.2 Å². The first-order valence-corrected chi connectivity index (χ1v) is 10.6. The molecule has 0 bridgehead atoms. The second-order valence-electron chi connectivity index (χ2n) is 10.2. The summed E-state index contributed by atoms with van der Waals surface area (Å²) >= 11 is 0. The Bertz CT molecular complexity index is 629. The highest BCUT2D eigenvalue weighted by Gasteiger charge is 2.78. The van der Waals surface area contributed by atoms with Gasteiger partial charge in [0.15, 0.2) is 0 Å². The second-order valence-corrected chi connectivity index (χ2v) is 10.2. The first-order valence-electron chi connectivity index (χ1n) is 10.6. The molecule has 0 aromatic heterocycles. The summed E-state index contributed by atoms with van der Waals surface area (Å²) in [5, 5.41) is 22.1. The standard InChI is InChI=1S/C22H36O6/c1-14-6-7-17-21(27-17,12-26-13-25-5)11-18-22(28-18)15(19(2,3)24)8-9-20(22,4)16(23)10-14/h15-18,23-24H,1,6-13H2,2-5H3/t15-,16+,17-,18-,20-,21-,22-/m0/s1. The lowest BCUT2D eigenvalue weighted by molar-refractivity contribution is -0.0623. The number of ether oxygens (including phenoxy) is 4. The lowest BCUT2D eigenvalue weighted by atomic mass is 9.66. The number of fused-ring (bicyclic) bond motifs is 1. The van der Waals surface area contributed by atoms with Crippen LogP contribution in [0.1, 0.15) is 59.3 Å². The molecule has 1 spiro atoms. The van der Waals surface area contributed by atoms with Crippen molar-refractivity contribution in [3.8, 4) is 0 Å². The average molecular weight is 397 g/mol. The largest absolute Gasteiger partial charge is 0.392 e. The molecule has 0 aromatic rings. The monoisotopic (exact) mass is 396 g/mol. The van der Waals surface area contributed by atoms with Crippen molar-refractivity contribution in [2.45, 2.75) is 94.4 Å². The Labute approximate surface area is 168 Å². The molecule has 160 valence electrons. The number of epoxide rings is 2. The van der Waals surface area contributed by atoms with Crippen LogP contribution >= 0.6 is 0 Å². The fourth-order valence-corrected chi connectivity index (χ4v) is 6.24. The predicted molar refractivity (Wildman–Crippen MR) is 104 cm³/mol. The molecule has 2 heterocycles. The Balaban J connectivity index is 1.65. The van der Waals surface area contributed by atoms with Crippen LogP contribution in [0, 0.1) is 11.3 Å². The highest BCUT2D eigenvalue weighted by Crippen LogP contribution is 2.69. The van der Waals surface area contributed by atoms with Crippen LogP contribution in [-0.4, -0.2) is 65.8 Å². The summed E-state index contributed by atoms with van der Waals surface area (Å²) in [5.41, 5.74) is -1.12. The van der Waals surface area contributed by atoms with Gasteiger partial charge >= 0.3 is 0 Å². The third-order valence-electron chi connectivity index (χ3n) is 7.94. The van der Waals surface area contributed by atoms with Gasteiger partial charge in [-0.25, -0.2) is 0 Å². The predicted octanol–water partition coefficient (Wildman–Crippen LogP) is 2.56. The Morgan fingerprint density at radius 3 is 2.68 bits per heavy atom. The number of hydrogen-bond acceptors (Lipinski definition) is 6. The smallest absolute Gasteiger partial charge is 0.146 e. The maximum Gasteiger partial charge on any atom is 0.146 e. The van der Waals surface area contributed by atoms with Crippen molar-refractivity contribution < 1.29 is 29.2 Å². The third kappa shape index (κ3) is 3.08. The van der Waals surface area contributed by atoms with E-state index in [-0.39, 0.29) is 30.5 Å². The molecule has 2 N–H and O–H groups in total. The SMILES string of the molecule is C=C1CC[C@@H]2O[C@]2(COCOC)C[C@@H]2O[C@@]23[C@H](C(C)(C)O)CC[C@@]3(C)[C@H](O)C1. The fraction of sp³-hybridized carbons (Fsp3) is 0.909. The fourth-order valence-electron chi connectivity index (χ4n) is 6.24. The molecule has 0 aromatic carbocycles. The Morgan fingerprint density at radius 2 is 2.00 bits per heavy atom. The molecular weight excluding hydrogens is 360 g/mol. The van der Waals surface area contributed by atoms with E-state index in [9.17, 15) is 10.2 Å². The molecular formula is C22H36O6. The lowest BCUT2D eigenvalue weighted by Crippen LogP contribution is -2.51. The summed E-state index contributed by atoms with van der Waals surface area (Å²) in [4.78, 5) is 0. The molecule has 4 rings (SSSR count). The van der Waals surface area contributed by atoms with E-state index in [0.29, 0.717) is 13.0 Å². The van der Waals surface area contributed by atoms with Crippen LogP contribution < -0.4 is 0 Å². The molecule has 0 radical (unpaired) electrons. The zero-order valence-electron chi connectivity index (χ0n) is 17.7. The van der Waals surface area contributed by atoms with Gasteiger partial charge in [-0.2, -0.15) is 0 Å². The number of aliphatic hydroxyl groups is 2. The van der Waals surface area contributed by atoms with E-state index in [2.05, 4.69) is 13.5 Å². The van der Waals surface area contributed by atoms with Gasteiger partial charge in [-0.05, 0) is 46.0 Å². The van der Waals surface area contributed by atoms with Crippen LogP contribution in [0.2, 0.25) is 0 Å². The molecule has 4 fully saturated rings. The van der Waals surface area contributed by atoms with Crippen LogP contribution in [0.25, 0.3) is 0 Å². The molecule has 6 nitrogen and oxygen atoms in total. The van der Waals surface area contributed by atoms with Gasteiger partial charge in [0.25, 0.3) is 0 Å². The second kappa shape index (κ2) is 6.76. The summed E-state index contributed by atoms with van der Waals surface area (Å²) in [6.07, 6.45) is 4.26. The molecule has 2 saturated heterocycles. The van der Waals surface area contributed by atoms with Crippen molar-refractivity contribution in [1.29, 1.82) is 0 Å². The lowest BCUT2D eigenvalue weighted by Gasteiger charge is -2.40. The summed E-state index contributed by atoms with van der Waals surface area (Å²) in [6, 6.07) is 0. The molecule has 0 amide bonds. The van der Waals surface area contributed by atoms with Crippen LogP contribution in [0.15, 0.2) is 12.2 Å². The number of hydrogen-bond donors (Lipinski definition) is 2. The van der Waals surface area contributed by atoms with Crippen LogP contribution in [0.4, 0.5) is 0 Å². The zero-order valence-corrected chi connectivity index (χ0v) is 17.7. The Kier molecular flexibility index (Phi) is 5.01. The Hall–Kier alpha value is -0.500. The number of rotatable bonds is 5. The van der Waals surface area contributed by atoms with Crippen molar-refractivity contribution in [3.05, 3.63) is 12.2 Å². The summed E-state index contributed by atoms with van der Waals surface area (Å²) in [7, 11) is 1.61. The minimum Gasteiger partial charge on any atom is -0.392 e. The van der Waals surface area contributed by atoms with E-state index in [1.54, 1.807) is 7.11 Å². The van der Waals surface area contributed by atoms with E-state index >= 15 is 0 Å². The maximum atomic E-state index is 11.2. The van der Waals surface area contributed by atoms with E-state index in [1.165, 1.54) is 0 Å². The zero-order chi connectivity index (χ0) is 20.4. The normalized spacial score (nSPS) is 48.3. The van der Waals surface area contributed by atoms with Gasteiger partial charge in [0, 0.05) is 24.9 Å². The van der Waals surface area contributed by atoms with Crippen molar-refractivity contribution in [2.75, 3.05) is 20.5 Å². The van der Waals surface area contributed by atoms with E-state index in [1.807, 2.05) is 13.8 Å². The third-order valence-corrected chi connectivity index (χ3v) is 7.94. The van der Waals surface area contributed by atoms with Crippen LogP contribution in [-0.2, 0) is 18.9 Å². The van der Waals surface area contributed by atoms with E-state index in [4.69, 9.17) is 18.9 Å². The average Bonchev–Trinajstić information content (AvgIpc) is 3.45. The molecule has 28 heavy (non-hydrogen) atoms. The molecule has 6 heteroatoms. The quantitative estimate of drug-likeness (QED) is 0.322. The molecule has 2 aliphatic heterocycles. The minimum absolute atomic E-state index is 0.0205. The number of methoxy groups -OCH3 is 1. The molecule has 4 aliphatic rings. The van der Waals surface area contributed by atoms with Crippen molar-refractivity contribution >= 4 is 0 Å². The van der Waals surface area contributed by atoms with Crippen molar-refractivity contribution in [2.24, 2.45) is 11.3 Å². The highest BCUT2D eigenvalue weighted by molar-refractivity contribution is 5.27. The molecule has 2 aliphatic carbocycles. The van der Waals surface area contributed by atoms with Gasteiger partial charge in [0.05, 0.1) is 30.5 Å². The van der Waals surface area contributed by atoms with Crippen molar-refractivity contribution in [3.63, 3.8) is 0 Å². The maximum absolute atomic E-state index is 11.2. The summed E-state index contributed by atoms with van der Waals surface area (Å²) in [6.45, 7) is 10.8. The van der Waals surface area contributed by atoms with E-state index < -0.39 is 22.7 Å². The minimum atomic E-state index is -0.868. The van der Waals surface area contributed by atoms with Crippen molar-refractivity contribution in [1.82, 2.24) is 0 Å². The Morgan fingerprint density at radius 1 is 1.25 bits per heavy atom. The first-order chi connectivity index (χ1) is 13.1.